The summed E-state index contributed by atoms with van der Waals surface area (Å²) in [6.07, 6.45) is -3.18. The van der Waals surface area contributed by atoms with E-state index in [1.165, 1.54) is 60.8 Å². The normalized spacial score (nSPS) is 29.0. The molecule has 6 unspecified atom stereocenters. The van der Waals surface area contributed by atoms with Gasteiger partial charge in [0, 0.05) is 46.2 Å². The number of ether oxygens (including phenoxy) is 4. The third-order valence-electron chi connectivity index (χ3n) is 11.8. The first kappa shape index (κ1) is 45.7. The topological polar surface area (TPSA) is 316 Å². The molecule has 0 bridgehead atoms. The minimum absolute atomic E-state index is 0.0359. The highest BCUT2D eigenvalue weighted by Gasteiger charge is 2.52. The number of aliphatic hydroxyl groups excluding tert-OH is 6. The summed E-state index contributed by atoms with van der Waals surface area (Å²) in [6.45, 7) is -1.53. The van der Waals surface area contributed by atoms with Crippen LogP contribution in [0, 0.1) is 11.7 Å². The number of benzene rings is 3. The van der Waals surface area contributed by atoms with Crippen LogP contribution in [0.3, 0.4) is 0 Å². The number of nitrogens with one attached hydrogen (secondary N) is 1. The van der Waals surface area contributed by atoms with Crippen molar-refractivity contribution in [2.75, 3.05) is 13.2 Å². The third kappa shape index (κ3) is 8.93. The van der Waals surface area contributed by atoms with Gasteiger partial charge in [-0.05, 0) is 41.6 Å². The Morgan fingerprint density at radius 2 is 1.63 bits per heavy atom. The summed E-state index contributed by atoms with van der Waals surface area (Å²) in [5.74, 6) is -1.99. The average Bonchev–Trinajstić information content (AvgIpc) is 4.00. The van der Waals surface area contributed by atoms with Crippen LogP contribution in [0.1, 0.15) is 45.3 Å². The first-order chi connectivity index (χ1) is 32.3. The number of aromatic hydroxyl groups is 1. The molecule has 1 aliphatic carbocycles. The Bertz CT molecular complexity index is 2740. The number of aliphatic hydroxyl groups is 6. The number of phenolic OH excluding ortho intramolecular Hbond substituents is 1. The number of rotatable bonds is 13. The molecule has 0 saturated carbocycles. The van der Waals surface area contributed by atoms with Crippen molar-refractivity contribution in [1.82, 2.24) is 40.5 Å². The molecular formula is C43H41FN8O14S. The van der Waals surface area contributed by atoms with Crippen LogP contribution in [0.25, 0.3) is 11.3 Å². The summed E-state index contributed by atoms with van der Waals surface area (Å²) >= 11 is 0.724. The second-order valence-electron chi connectivity index (χ2n) is 15.9. The molecular weight excluding hydrogens is 904 g/mol. The Labute approximate surface area is 381 Å². The van der Waals surface area contributed by atoms with Crippen LogP contribution in [0.5, 0.6) is 17.2 Å². The number of thioether (sulfide) groups is 1. The summed E-state index contributed by atoms with van der Waals surface area (Å²) in [5, 5.41) is 99.0. The number of carbonyl (C=O) groups is 3. The number of phenols is 1. The van der Waals surface area contributed by atoms with Gasteiger partial charge in [0.2, 0.25) is 0 Å². The molecule has 22 nitrogen and oxygen atoms in total. The molecule has 0 spiro atoms. The Kier molecular flexibility index (Phi) is 13.0. The lowest BCUT2D eigenvalue weighted by Gasteiger charge is -2.45. The van der Waals surface area contributed by atoms with Crippen molar-refractivity contribution in [2.45, 2.75) is 72.0 Å². The van der Waals surface area contributed by atoms with Gasteiger partial charge >= 0.3 is 0 Å². The van der Waals surface area contributed by atoms with Gasteiger partial charge in [0.15, 0.2) is 11.6 Å². The number of halogens is 1. The second-order valence-corrected chi connectivity index (χ2v) is 17.1. The molecule has 12 atom stereocenters. The first-order valence-corrected chi connectivity index (χ1v) is 21.6. The maximum absolute atomic E-state index is 13.9. The SMILES string of the molecule is O=COc1cc(C(=O)NCc2nnn(C3C(O)[C@@H](CO)O[C@@H](S[C@@H]4OC(CO)[C@H](O)[C@H](n5cc(-c6cccc(F)c6)nn5)C4O)[C@@H]3O)n2)ccc1C1c2ccc(O)cc2OC2=CC(=O)C=CC21. The molecule has 5 aromatic rings. The fourth-order valence-electron chi connectivity index (χ4n) is 8.58. The van der Waals surface area contributed by atoms with E-state index in [9.17, 15) is 54.5 Å². The van der Waals surface area contributed by atoms with Crippen LogP contribution in [0.2, 0.25) is 0 Å². The van der Waals surface area contributed by atoms with Gasteiger partial charge in [-0.25, -0.2) is 9.07 Å². The fraction of sp³-hybridized carbons (Fsp3) is 0.349. The standard InChI is InChI=1S/C43H41FN8O14S/c44-21-3-1-2-19(10-21)27-15-51(49-46-27)35-37(58)31(16-53)65-42(39(35)60)67-43-40(61)36(38(59)32(17-54)66-43)52-48-33(47-50-52)14-45-41(62)20-4-7-24(28(11-20)63-18-55)34-25-8-5-22(56)12-29(25)64-30-13-23(57)6-9-26(30)34/h1-13,15,18,25,31-32,34-40,42-43,53-54,57-61H,14,16-17H2,(H,45,62)/t25?,31?,32-,34?,35+,36?,37+,38?,39?,40-,42+,43+/m1/s1. The molecule has 8 N–H and O–H groups in total. The minimum Gasteiger partial charge on any atom is -0.508 e. The van der Waals surface area contributed by atoms with Gasteiger partial charge in [0.25, 0.3) is 12.4 Å². The van der Waals surface area contributed by atoms with Gasteiger partial charge in [0.1, 0.15) is 94.1 Å². The Hall–Kier alpha value is -6.48. The molecule has 67 heavy (non-hydrogen) atoms. The van der Waals surface area contributed by atoms with Crippen molar-refractivity contribution in [1.29, 1.82) is 0 Å². The number of hydrogen-bond donors (Lipinski definition) is 8. The smallest absolute Gasteiger partial charge is 0.298 e. The van der Waals surface area contributed by atoms with Gasteiger partial charge in [-0.2, -0.15) is 4.80 Å². The Balaban J connectivity index is 0.899. The summed E-state index contributed by atoms with van der Waals surface area (Å²) in [7, 11) is 0. The van der Waals surface area contributed by atoms with E-state index in [4.69, 9.17) is 18.9 Å². The summed E-state index contributed by atoms with van der Waals surface area (Å²) in [6, 6.07) is 11.9. The van der Waals surface area contributed by atoms with Crippen molar-refractivity contribution >= 4 is 29.9 Å². The number of fused-ring (bicyclic) bond motifs is 2. The van der Waals surface area contributed by atoms with Crippen molar-refractivity contribution < 1.29 is 73.5 Å². The van der Waals surface area contributed by atoms with Crippen molar-refractivity contribution in [2.24, 2.45) is 5.92 Å². The summed E-state index contributed by atoms with van der Waals surface area (Å²) < 4.78 is 38.1. The van der Waals surface area contributed by atoms with Crippen LogP contribution >= 0.6 is 11.8 Å². The average molecular weight is 945 g/mol. The van der Waals surface area contributed by atoms with Crippen LogP contribution in [-0.4, -0.2) is 150 Å². The monoisotopic (exact) mass is 944 g/mol. The Morgan fingerprint density at radius 3 is 2.36 bits per heavy atom. The van der Waals surface area contributed by atoms with Crippen LogP contribution < -0.4 is 14.8 Å². The van der Waals surface area contributed by atoms with E-state index in [-0.39, 0.29) is 47.4 Å². The Morgan fingerprint density at radius 1 is 0.896 bits per heavy atom. The number of tetrazole rings is 1. The quantitative estimate of drug-likeness (QED) is 0.0709. The fourth-order valence-corrected chi connectivity index (χ4v) is 9.90. The van der Waals surface area contributed by atoms with Crippen LogP contribution in [0.4, 0.5) is 4.39 Å². The number of hydrogen-bond acceptors (Lipinski definition) is 20. The number of amides is 1. The van der Waals surface area contributed by atoms with Gasteiger partial charge in [-0.15, -0.1) is 15.3 Å². The zero-order valence-corrected chi connectivity index (χ0v) is 35.4. The molecule has 24 heteroatoms. The predicted octanol–water partition coefficient (Wildman–Crippen LogP) is -0.202. The number of carbonyl (C=O) groups excluding carboxylic acids is 3. The van der Waals surface area contributed by atoms with Gasteiger partial charge < -0.3 is 60.0 Å². The molecule has 2 aromatic heterocycles. The highest BCUT2D eigenvalue weighted by atomic mass is 32.2. The van der Waals surface area contributed by atoms with E-state index in [0.717, 1.165) is 21.2 Å². The molecule has 4 aliphatic rings. The van der Waals surface area contributed by atoms with Crippen molar-refractivity contribution in [3.8, 4) is 28.5 Å². The molecule has 350 valence electrons. The number of ketones is 1. The zero-order valence-electron chi connectivity index (χ0n) is 34.6. The molecule has 2 fully saturated rings. The zero-order chi connectivity index (χ0) is 47.1. The first-order valence-electron chi connectivity index (χ1n) is 20.7. The lowest BCUT2D eigenvalue weighted by atomic mass is 9.75. The summed E-state index contributed by atoms with van der Waals surface area (Å²) in [4.78, 5) is 38.4. The van der Waals surface area contributed by atoms with E-state index in [1.54, 1.807) is 24.3 Å². The number of aromatic nitrogens is 7. The maximum Gasteiger partial charge on any atom is 0.298 e. The van der Waals surface area contributed by atoms with E-state index < -0.39 is 96.4 Å². The maximum atomic E-state index is 13.9. The molecule has 0 radical (unpaired) electrons. The molecule has 9 rings (SSSR count). The second kappa shape index (κ2) is 19.0. The number of allylic oxidation sites excluding steroid dienone is 3. The van der Waals surface area contributed by atoms with Gasteiger partial charge in [-0.3, -0.25) is 14.4 Å². The molecule has 1 amide bonds. The van der Waals surface area contributed by atoms with E-state index in [0.29, 0.717) is 28.2 Å². The highest BCUT2D eigenvalue weighted by molar-refractivity contribution is 8.00. The lowest BCUT2D eigenvalue weighted by Crippen LogP contribution is -2.58. The van der Waals surface area contributed by atoms with Crippen LogP contribution in [-0.2, 0) is 25.6 Å². The predicted molar refractivity (Wildman–Crippen MR) is 225 cm³/mol. The van der Waals surface area contributed by atoms with E-state index in [2.05, 4.69) is 31.0 Å². The van der Waals surface area contributed by atoms with Crippen molar-refractivity contribution in [3.05, 3.63) is 119 Å². The van der Waals surface area contributed by atoms with Gasteiger partial charge in [-0.1, -0.05) is 47.3 Å². The lowest BCUT2D eigenvalue weighted by molar-refractivity contribution is -0.190. The molecule has 3 aliphatic heterocycles. The molecule has 3 aromatic carbocycles. The number of nitrogens with zero attached hydrogens (tertiary/aromatic N) is 7. The van der Waals surface area contributed by atoms with Crippen molar-refractivity contribution in [3.63, 3.8) is 0 Å². The largest absolute Gasteiger partial charge is 0.508 e. The van der Waals surface area contributed by atoms with Gasteiger partial charge in [0.05, 0.1) is 26.0 Å². The minimum atomic E-state index is -1.67. The molecule has 2 saturated heterocycles. The van der Waals surface area contributed by atoms with Crippen LogP contribution in [0.15, 0.2) is 90.8 Å². The van der Waals surface area contributed by atoms with E-state index >= 15 is 0 Å². The summed E-state index contributed by atoms with van der Waals surface area (Å²) in [5.41, 5.74) is -0.911. The molecule has 5 heterocycles. The van der Waals surface area contributed by atoms with E-state index in [1.807, 2.05) is 0 Å². The third-order valence-corrected chi connectivity index (χ3v) is 13.1. The highest BCUT2D eigenvalue weighted by Crippen LogP contribution is 2.50.